The molecule has 1 aromatic heterocycles. The monoisotopic (exact) mass is 472 g/mol. The van der Waals surface area contributed by atoms with Gasteiger partial charge in [-0.1, -0.05) is 12.1 Å². The molecule has 2 aromatic rings. The third-order valence-electron chi connectivity index (χ3n) is 3.58. The van der Waals surface area contributed by atoms with Gasteiger partial charge in [0.15, 0.2) is 7.05 Å². The first kappa shape index (κ1) is 29.5. The fraction of sp³-hybridized carbons (Fsp3) is 0.381. The van der Waals surface area contributed by atoms with Gasteiger partial charge in [0.2, 0.25) is 5.91 Å². The zero-order valence-electron chi connectivity index (χ0n) is 18.6. The number of nitrogens with zero attached hydrogens (tertiary/aromatic N) is 2. The first-order valence-electron chi connectivity index (χ1n) is 9.55. The van der Waals surface area contributed by atoms with E-state index in [1.807, 2.05) is 12.1 Å². The van der Waals surface area contributed by atoms with E-state index in [9.17, 15) is 27.9 Å². The first-order chi connectivity index (χ1) is 15.1. The molecule has 0 spiro atoms. The van der Waals surface area contributed by atoms with Crippen molar-refractivity contribution in [3.8, 4) is 0 Å². The predicted molar refractivity (Wildman–Crippen MR) is 117 cm³/mol. The highest BCUT2D eigenvalue weighted by molar-refractivity contribution is 5.96. The lowest BCUT2D eigenvalue weighted by Crippen LogP contribution is -2.40. The summed E-state index contributed by atoms with van der Waals surface area (Å²) in [6.45, 7) is 3.13. The number of alkyl halides is 3. The van der Waals surface area contributed by atoms with Crippen molar-refractivity contribution in [2.75, 3.05) is 17.7 Å². The summed E-state index contributed by atoms with van der Waals surface area (Å²) < 4.78 is 31.1. The molecular formula is C21H27F3N4O5. The minimum absolute atomic E-state index is 0.127. The highest BCUT2D eigenvalue weighted by Crippen LogP contribution is 2.18. The fourth-order valence-electron chi connectivity index (χ4n) is 2.16. The molecule has 0 fully saturated rings. The number of halogens is 3. The number of carbonyl (C=O) groups is 2. The van der Waals surface area contributed by atoms with Gasteiger partial charge in [-0.3, -0.25) is 24.7 Å². The SMILES string of the molecule is CC(=O)Nc1ccc(CCC(C)(O)C(=O)Nc2cccnc2)cc1.CC(F)(F)F.C[N+](=O)[O-]. The molecule has 0 aliphatic heterocycles. The third kappa shape index (κ3) is 16.8. The Labute approximate surface area is 189 Å². The number of aliphatic hydroxyl groups is 1. The quantitative estimate of drug-likeness (QED) is 0.432. The number of nitrogens with one attached hydrogen (secondary N) is 2. The van der Waals surface area contributed by atoms with Crippen LogP contribution in [0.15, 0.2) is 48.8 Å². The number of pyridine rings is 1. The summed E-state index contributed by atoms with van der Waals surface area (Å²) in [5, 5.41) is 24.5. The van der Waals surface area contributed by atoms with Crippen molar-refractivity contribution in [3.05, 3.63) is 64.5 Å². The molecule has 1 aromatic carbocycles. The van der Waals surface area contributed by atoms with Crippen LogP contribution >= 0.6 is 0 Å². The molecule has 1 unspecified atom stereocenters. The van der Waals surface area contributed by atoms with Crippen LogP contribution in [0.25, 0.3) is 0 Å². The molecule has 2 rings (SSSR count). The molecular weight excluding hydrogens is 445 g/mol. The van der Waals surface area contributed by atoms with Gasteiger partial charge < -0.3 is 15.7 Å². The van der Waals surface area contributed by atoms with Crippen LogP contribution < -0.4 is 10.6 Å². The maximum absolute atomic E-state index is 12.2. The van der Waals surface area contributed by atoms with E-state index in [-0.39, 0.29) is 19.3 Å². The summed E-state index contributed by atoms with van der Waals surface area (Å²) in [6, 6.07) is 10.7. The van der Waals surface area contributed by atoms with Crippen molar-refractivity contribution in [2.24, 2.45) is 0 Å². The van der Waals surface area contributed by atoms with Crippen LogP contribution in [0.1, 0.15) is 32.8 Å². The molecule has 0 aliphatic carbocycles. The van der Waals surface area contributed by atoms with Crippen LogP contribution in [-0.2, 0) is 16.0 Å². The summed E-state index contributed by atoms with van der Waals surface area (Å²) in [5.41, 5.74) is 0.736. The predicted octanol–water partition coefficient (Wildman–Crippen LogP) is 3.82. The minimum atomic E-state index is -4.00. The molecule has 182 valence electrons. The molecule has 0 aliphatic rings. The summed E-state index contributed by atoms with van der Waals surface area (Å²) in [5.74, 6) is -0.594. The minimum Gasteiger partial charge on any atom is -0.380 e. The molecule has 1 heterocycles. The molecule has 1 atom stereocenters. The number of aromatic nitrogens is 1. The second kappa shape index (κ2) is 13.8. The van der Waals surface area contributed by atoms with Crippen molar-refractivity contribution in [1.29, 1.82) is 0 Å². The van der Waals surface area contributed by atoms with Crippen molar-refractivity contribution < 1.29 is 32.8 Å². The third-order valence-corrected chi connectivity index (χ3v) is 3.58. The zero-order valence-corrected chi connectivity index (χ0v) is 18.6. The second-order valence-corrected chi connectivity index (χ2v) is 7.07. The Balaban J connectivity index is 0.000000968. The van der Waals surface area contributed by atoms with E-state index in [0.29, 0.717) is 17.8 Å². The molecule has 3 N–H and O–H groups in total. The van der Waals surface area contributed by atoms with Gasteiger partial charge in [0.1, 0.15) is 5.60 Å². The van der Waals surface area contributed by atoms with Gasteiger partial charge in [-0.25, -0.2) is 0 Å². The number of nitro groups is 1. The summed E-state index contributed by atoms with van der Waals surface area (Å²) in [4.78, 5) is 35.4. The number of benzene rings is 1. The van der Waals surface area contributed by atoms with Crippen molar-refractivity contribution >= 4 is 23.2 Å². The van der Waals surface area contributed by atoms with Gasteiger partial charge in [0.25, 0.3) is 5.91 Å². The van der Waals surface area contributed by atoms with Gasteiger partial charge >= 0.3 is 6.18 Å². The van der Waals surface area contributed by atoms with Crippen LogP contribution in [0.5, 0.6) is 0 Å². The number of carbonyl (C=O) groups excluding carboxylic acids is 2. The van der Waals surface area contributed by atoms with Gasteiger partial charge in [-0.15, -0.1) is 0 Å². The molecule has 12 heteroatoms. The summed E-state index contributed by atoms with van der Waals surface area (Å²) >= 11 is 0. The van der Waals surface area contributed by atoms with Crippen LogP contribution in [-0.4, -0.2) is 45.7 Å². The molecule has 0 saturated heterocycles. The van der Waals surface area contributed by atoms with Crippen LogP contribution in [0, 0.1) is 10.1 Å². The molecule has 9 nitrogen and oxygen atoms in total. The number of hydrogen-bond acceptors (Lipinski definition) is 6. The Morgan fingerprint density at radius 2 is 1.61 bits per heavy atom. The Hall–Kier alpha value is -3.54. The number of hydrogen-bond donors (Lipinski definition) is 3. The van der Waals surface area contributed by atoms with E-state index in [4.69, 9.17) is 10.1 Å². The van der Waals surface area contributed by atoms with Crippen LogP contribution in [0.4, 0.5) is 24.5 Å². The highest BCUT2D eigenvalue weighted by Gasteiger charge is 2.29. The second-order valence-electron chi connectivity index (χ2n) is 7.07. The van der Waals surface area contributed by atoms with Crippen molar-refractivity contribution in [1.82, 2.24) is 4.98 Å². The Morgan fingerprint density at radius 3 is 2.03 bits per heavy atom. The summed E-state index contributed by atoms with van der Waals surface area (Å²) in [7, 11) is 0.889. The number of aryl methyl sites for hydroxylation is 1. The topological polar surface area (TPSA) is 134 Å². The van der Waals surface area contributed by atoms with Gasteiger partial charge in [0, 0.05) is 30.7 Å². The largest absolute Gasteiger partial charge is 0.386 e. The number of rotatable bonds is 6. The molecule has 0 bridgehead atoms. The summed E-state index contributed by atoms with van der Waals surface area (Å²) in [6.07, 6.45) is -0.0560. The average molecular weight is 472 g/mol. The Kier molecular flexibility index (Phi) is 12.3. The van der Waals surface area contributed by atoms with E-state index in [0.717, 1.165) is 12.6 Å². The van der Waals surface area contributed by atoms with Gasteiger partial charge in [0.05, 0.1) is 11.9 Å². The lowest BCUT2D eigenvalue weighted by molar-refractivity contribution is -0.445. The standard InChI is InChI=1S/C18H21N3O3.C2H3F3.CH3NO2/c1-13(22)20-15-7-5-14(6-8-15)9-10-18(2,24)17(23)21-16-4-3-11-19-12-16;1-2(3,4)5;1-2(3)4/h3-8,11-12,24H,9-10H2,1-2H3,(H,20,22)(H,21,23);1H3;1H3. The van der Waals surface area contributed by atoms with Gasteiger partial charge in [-0.05, 0) is 49.6 Å². The maximum Gasteiger partial charge on any atom is 0.386 e. The van der Waals surface area contributed by atoms with E-state index in [1.54, 1.807) is 30.5 Å². The molecule has 2 amide bonds. The number of anilines is 2. The normalized spacial score (nSPS) is 12.0. The zero-order chi connectivity index (χ0) is 25.7. The lowest BCUT2D eigenvalue weighted by Gasteiger charge is -2.22. The van der Waals surface area contributed by atoms with Crippen LogP contribution in [0.2, 0.25) is 0 Å². The van der Waals surface area contributed by atoms with E-state index < -0.39 is 22.6 Å². The Bertz CT molecular complexity index is 879. The molecule has 0 radical (unpaired) electrons. The van der Waals surface area contributed by atoms with E-state index in [1.165, 1.54) is 20.0 Å². The fourth-order valence-corrected chi connectivity index (χ4v) is 2.16. The smallest absolute Gasteiger partial charge is 0.380 e. The molecule has 33 heavy (non-hydrogen) atoms. The van der Waals surface area contributed by atoms with Crippen molar-refractivity contribution in [2.45, 2.75) is 45.4 Å². The van der Waals surface area contributed by atoms with Crippen molar-refractivity contribution in [3.63, 3.8) is 0 Å². The van der Waals surface area contributed by atoms with E-state index in [2.05, 4.69) is 15.6 Å². The lowest BCUT2D eigenvalue weighted by atomic mass is 9.95. The highest BCUT2D eigenvalue weighted by atomic mass is 19.4. The average Bonchev–Trinajstić information content (AvgIpc) is 2.66. The Morgan fingerprint density at radius 1 is 1.09 bits per heavy atom. The first-order valence-corrected chi connectivity index (χ1v) is 9.55. The molecule has 0 saturated carbocycles. The number of amides is 2. The van der Waals surface area contributed by atoms with E-state index >= 15 is 0 Å². The van der Waals surface area contributed by atoms with Crippen LogP contribution in [0.3, 0.4) is 0 Å². The maximum atomic E-state index is 12.2. The van der Waals surface area contributed by atoms with Gasteiger partial charge in [-0.2, -0.15) is 13.2 Å².